The molecule has 34 heavy (non-hydrogen) atoms. The Balaban J connectivity index is 2.92. The van der Waals surface area contributed by atoms with E-state index in [1.165, 1.54) is 0 Å². The van der Waals surface area contributed by atoms with Gasteiger partial charge < -0.3 is 26.4 Å². The zero-order valence-corrected chi connectivity index (χ0v) is 20.9. The SMILES string of the molecule is CC(C)=CC1C(C(=O)N[C@@H](CCCN=C(N)N[N+](=O)O)C(=O)N[C@@H](CC(C)C)B(O)O)C1(C)C. The molecule has 1 saturated carbocycles. The Hall–Kier alpha value is -2.67. The predicted molar refractivity (Wildman–Crippen MR) is 128 cm³/mol. The van der Waals surface area contributed by atoms with E-state index in [0.717, 1.165) is 5.57 Å². The van der Waals surface area contributed by atoms with Crippen LogP contribution < -0.4 is 21.8 Å². The van der Waals surface area contributed by atoms with E-state index < -0.39 is 30.0 Å². The first-order chi connectivity index (χ1) is 15.7. The fourth-order valence-electron chi connectivity index (χ4n) is 4.05. The monoisotopic (exact) mass is 483 g/mol. The summed E-state index contributed by atoms with van der Waals surface area (Å²) in [6.07, 6.45) is 2.94. The summed E-state index contributed by atoms with van der Waals surface area (Å²) in [6, 6.07) is -0.928. The molecule has 0 heterocycles. The zero-order valence-electron chi connectivity index (χ0n) is 20.9. The van der Waals surface area contributed by atoms with Crippen molar-refractivity contribution in [1.29, 1.82) is 0 Å². The van der Waals surface area contributed by atoms with E-state index in [-0.39, 0.29) is 48.0 Å². The van der Waals surface area contributed by atoms with Gasteiger partial charge in [0, 0.05) is 6.54 Å². The van der Waals surface area contributed by atoms with Gasteiger partial charge in [0.05, 0.1) is 11.9 Å². The van der Waals surface area contributed by atoms with Crippen LogP contribution in [0.1, 0.15) is 60.8 Å². The van der Waals surface area contributed by atoms with E-state index in [1.807, 2.05) is 47.0 Å². The largest absolute Gasteiger partial charge is 0.475 e. The first kappa shape index (κ1) is 29.4. The van der Waals surface area contributed by atoms with Crippen molar-refractivity contribution in [3.63, 3.8) is 0 Å². The Bertz CT molecular complexity index is 797. The van der Waals surface area contributed by atoms with Crippen LogP contribution in [0, 0.1) is 28.1 Å². The van der Waals surface area contributed by atoms with Gasteiger partial charge in [-0.2, -0.15) is 0 Å². The topological polar surface area (TPSA) is 189 Å². The molecule has 13 heteroatoms. The number of amides is 2. The van der Waals surface area contributed by atoms with E-state index in [2.05, 4.69) is 21.7 Å². The van der Waals surface area contributed by atoms with Crippen molar-refractivity contribution >= 4 is 24.9 Å². The first-order valence-corrected chi connectivity index (χ1v) is 11.5. The highest BCUT2D eigenvalue weighted by molar-refractivity contribution is 6.43. The summed E-state index contributed by atoms with van der Waals surface area (Å²) in [7, 11) is -1.74. The van der Waals surface area contributed by atoms with Gasteiger partial charge in [-0.05, 0) is 55.8 Å². The zero-order chi connectivity index (χ0) is 26.2. The number of nitrogens with two attached hydrogens (primary N) is 1. The van der Waals surface area contributed by atoms with E-state index in [9.17, 15) is 24.5 Å². The fraction of sp³-hybridized carbons (Fsp3) is 0.762. The molecule has 0 aliphatic heterocycles. The minimum absolute atomic E-state index is 0.0677. The second-order valence-electron chi connectivity index (χ2n) is 10.1. The smallest absolute Gasteiger partial charge is 0.426 e. The highest BCUT2D eigenvalue weighted by Gasteiger charge is 2.60. The third kappa shape index (κ3) is 9.30. The predicted octanol–water partition coefficient (Wildman–Crippen LogP) is 0.0201. The highest BCUT2D eigenvalue weighted by atomic mass is 16.7. The molecule has 0 aromatic rings. The molecule has 0 radical (unpaired) electrons. The molecule has 0 saturated heterocycles. The molecule has 1 aliphatic rings. The molecule has 2 unspecified atom stereocenters. The molecular formula is C21H40BN6O6+. The lowest BCUT2D eigenvalue weighted by Gasteiger charge is -2.24. The number of carbonyl (C=O) groups excluding carboxylic acids is 2. The molecule has 0 aromatic heterocycles. The van der Waals surface area contributed by atoms with Gasteiger partial charge in [-0.3, -0.25) is 9.59 Å². The van der Waals surface area contributed by atoms with Gasteiger partial charge in [-0.1, -0.05) is 39.3 Å². The number of nitrogens with zero attached hydrogens (tertiary/aromatic N) is 2. The van der Waals surface area contributed by atoms with Gasteiger partial charge in [0.15, 0.2) is 0 Å². The van der Waals surface area contributed by atoms with Gasteiger partial charge in [0.2, 0.25) is 11.8 Å². The average Bonchev–Trinajstić information content (AvgIpc) is 3.21. The molecule has 0 aromatic carbocycles. The number of aliphatic imine (C=N–C) groups is 1. The van der Waals surface area contributed by atoms with Crippen LogP contribution in [-0.2, 0) is 9.59 Å². The maximum atomic E-state index is 13.0. The molecule has 12 nitrogen and oxygen atoms in total. The van der Waals surface area contributed by atoms with Crippen LogP contribution in [0.4, 0.5) is 0 Å². The summed E-state index contributed by atoms with van der Waals surface area (Å²) in [5.41, 5.74) is 8.16. The van der Waals surface area contributed by atoms with Crippen molar-refractivity contribution in [3.05, 3.63) is 16.6 Å². The third-order valence-electron chi connectivity index (χ3n) is 5.90. The Morgan fingerprint density at radius 3 is 2.35 bits per heavy atom. The number of hydrogen-bond donors (Lipinski definition) is 7. The van der Waals surface area contributed by atoms with Crippen LogP contribution in [0.3, 0.4) is 0 Å². The van der Waals surface area contributed by atoms with E-state index in [0.29, 0.717) is 12.8 Å². The summed E-state index contributed by atoms with van der Waals surface area (Å²) in [5.74, 6) is -2.06. The Morgan fingerprint density at radius 1 is 1.24 bits per heavy atom. The first-order valence-electron chi connectivity index (χ1n) is 11.5. The van der Waals surface area contributed by atoms with Gasteiger partial charge in [0.1, 0.15) is 10.9 Å². The number of rotatable bonds is 13. The molecule has 1 rings (SSSR count). The van der Waals surface area contributed by atoms with Gasteiger partial charge in [0.25, 0.3) is 5.96 Å². The number of hydrazine groups is 1. The van der Waals surface area contributed by atoms with E-state index >= 15 is 0 Å². The van der Waals surface area contributed by atoms with Gasteiger partial charge >= 0.3 is 12.2 Å². The number of carbonyl (C=O) groups is 2. The lowest BCUT2D eigenvalue weighted by molar-refractivity contribution is -0.822. The lowest BCUT2D eigenvalue weighted by atomic mass is 9.75. The van der Waals surface area contributed by atoms with Crippen molar-refractivity contribution < 1.29 is 29.9 Å². The van der Waals surface area contributed by atoms with Crippen LogP contribution in [0.15, 0.2) is 16.6 Å². The number of allylic oxidation sites excluding steroid dienone is 2. The van der Waals surface area contributed by atoms with Crippen LogP contribution in [0.2, 0.25) is 0 Å². The van der Waals surface area contributed by atoms with Crippen molar-refractivity contribution in [2.24, 2.45) is 33.9 Å². The van der Waals surface area contributed by atoms with Crippen molar-refractivity contribution in [2.45, 2.75) is 72.8 Å². The summed E-state index contributed by atoms with van der Waals surface area (Å²) >= 11 is 0. The number of guanidine groups is 1. The van der Waals surface area contributed by atoms with Crippen LogP contribution in [0.25, 0.3) is 0 Å². The Morgan fingerprint density at radius 2 is 1.85 bits per heavy atom. The maximum Gasteiger partial charge on any atom is 0.475 e. The molecule has 0 spiro atoms. The highest BCUT2D eigenvalue weighted by Crippen LogP contribution is 2.59. The normalized spacial score (nSPS) is 20.7. The maximum absolute atomic E-state index is 13.0. The molecule has 192 valence electrons. The van der Waals surface area contributed by atoms with Crippen LogP contribution >= 0.6 is 0 Å². The van der Waals surface area contributed by atoms with Crippen LogP contribution in [0.5, 0.6) is 0 Å². The van der Waals surface area contributed by atoms with E-state index in [4.69, 9.17) is 10.9 Å². The minimum Gasteiger partial charge on any atom is -0.426 e. The number of hydrogen-bond acceptors (Lipinski definition) is 6. The Kier molecular flexibility index (Phi) is 11.0. The molecule has 1 fully saturated rings. The summed E-state index contributed by atoms with van der Waals surface area (Å²) in [5, 5.41) is 32.8. The summed E-state index contributed by atoms with van der Waals surface area (Å²) in [6.45, 7) is 11.9. The minimum atomic E-state index is -1.74. The molecule has 1 aliphatic carbocycles. The second-order valence-corrected chi connectivity index (χ2v) is 10.1. The average molecular weight is 483 g/mol. The Labute approximate surface area is 201 Å². The summed E-state index contributed by atoms with van der Waals surface area (Å²) in [4.78, 5) is 40.4. The van der Waals surface area contributed by atoms with Crippen molar-refractivity contribution in [2.75, 3.05) is 6.54 Å². The van der Waals surface area contributed by atoms with E-state index in [1.54, 1.807) is 0 Å². The quantitative estimate of drug-likeness (QED) is 0.0476. The molecule has 4 atom stereocenters. The fourth-order valence-corrected chi connectivity index (χ4v) is 4.05. The van der Waals surface area contributed by atoms with Crippen LogP contribution in [-0.4, -0.2) is 63.7 Å². The second kappa shape index (κ2) is 12.7. The molecular weight excluding hydrogens is 443 g/mol. The number of nitrogens with one attached hydrogen (secondary N) is 3. The van der Waals surface area contributed by atoms with Gasteiger partial charge in [-0.25, -0.2) is 10.2 Å². The lowest BCUT2D eigenvalue weighted by Crippen LogP contribution is -2.54. The molecule has 8 N–H and O–H groups in total. The molecule has 0 bridgehead atoms. The standard InChI is InChI=1S/C21H39BN6O6/c1-12(2)10-14-17(21(14,5)6)19(30)25-15(8-7-9-24-20(23)27-28(33)34)18(29)26-16(22(31)32)11-13(3)4/h10,13-17,31-32H,7-9,11H2,1-6H3,(H5-,23,24,25,26,27,29,30,33,34)/p+1/t14?,15-,16-,17?/m0/s1. The van der Waals surface area contributed by atoms with Crippen molar-refractivity contribution in [1.82, 2.24) is 16.1 Å². The summed E-state index contributed by atoms with van der Waals surface area (Å²) < 4.78 is 0. The third-order valence-corrected chi connectivity index (χ3v) is 5.90. The van der Waals surface area contributed by atoms with Crippen molar-refractivity contribution in [3.8, 4) is 0 Å². The van der Waals surface area contributed by atoms with Gasteiger partial charge in [-0.15, -0.1) is 0 Å². The molecule has 2 amide bonds.